The number of fused-ring (bicyclic) bond motifs is 1. The van der Waals surface area contributed by atoms with Gasteiger partial charge in [0.2, 0.25) is 0 Å². The van der Waals surface area contributed by atoms with E-state index in [2.05, 4.69) is 26.8 Å². The monoisotopic (exact) mass is 287 g/mol. The average molecular weight is 287 g/mol. The molecule has 0 atom stereocenters. The molecule has 0 fully saturated rings. The van der Waals surface area contributed by atoms with Gasteiger partial charge in [0, 0.05) is 31.8 Å². The Labute approximate surface area is 126 Å². The molecule has 3 nitrogen and oxygen atoms in total. The zero-order chi connectivity index (χ0) is 15.5. The van der Waals surface area contributed by atoms with Gasteiger partial charge in [0.15, 0.2) is 0 Å². The summed E-state index contributed by atoms with van der Waals surface area (Å²) in [6, 6.07) is 7.93. The fourth-order valence-corrected chi connectivity index (χ4v) is 2.62. The van der Waals surface area contributed by atoms with E-state index in [9.17, 15) is 4.79 Å². The molecule has 0 spiro atoms. The lowest BCUT2D eigenvalue weighted by Crippen LogP contribution is -2.26. The van der Waals surface area contributed by atoms with Gasteiger partial charge in [-0.1, -0.05) is 39.0 Å². The summed E-state index contributed by atoms with van der Waals surface area (Å²) >= 11 is 0. The Morgan fingerprint density at radius 2 is 1.86 bits per heavy atom. The second-order valence-corrected chi connectivity index (χ2v) is 6.17. The van der Waals surface area contributed by atoms with Crippen molar-refractivity contribution in [2.45, 2.75) is 45.6 Å². The third kappa shape index (κ3) is 3.18. The Morgan fingerprint density at radius 3 is 2.48 bits per heavy atom. The van der Waals surface area contributed by atoms with Crippen molar-refractivity contribution in [1.29, 1.82) is 0 Å². The predicted molar refractivity (Wildman–Crippen MR) is 88.0 cm³/mol. The Balaban J connectivity index is 2.61. The molecule has 2 rings (SSSR count). The van der Waals surface area contributed by atoms with Crippen LogP contribution in [-0.4, -0.2) is 18.3 Å². The third-order valence-electron chi connectivity index (χ3n) is 4.35. The molecule has 0 saturated carbocycles. The summed E-state index contributed by atoms with van der Waals surface area (Å²) in [5.41, 5.74) is 1.39. The van der Waals surface area contributed by atoms with E-state index in [4.69, 9.17) is 4.74 Å². The molecule has 2 aromatic rings. The van der Waals surface area contributed by atoms with Crippen LogP contribution in [0.15, 0.2) is 35.3 Å². The van der Waals surface area contributed by atoms with Crippen LogP contribution in [0, 0.1) is 0 Å². The number of nitrogens with zero attached hydrogens (tertiary/aromatic N) is 1. The molecule has 0 amide bonds. The van der Waals surface area contributed by atoms with Crippen molar-refractivity contribution < 1.29 is 4.74 Å². The number of hydrogen-bond acceptors (Lipinski definition) is 2. The lowest BCUT2D eigenvalue weighted by atomic mass is 9.81. The molecule has 0 aliphatic heterocycles. The number of pyridine rings is 1. The average Bonchev–Trinajstić information content (AvgIpc) is 2.49. The minimum Gasteiger partial charge on any atom is -0.385 e. The molecule has 1 heterocycles. The molecule has 0 N–H and O–H groups in total. The standard InChI is InChI=1S/C18H25NO2/c1-5-18(2,3)16-13-19(11-8-12-21-4)17(20)15-10-7-6-9-14(15)16/h6-7,9-10,13H,5,8,11-12H2,1-4H3. The summed E-state index contributed by atoms with van der Waals surface area (Å²) in [7, 11) is 1.69. The highest BCUT2D eigenvalue weighted by Crippen LogP contribution is 2.31. The van der Waals surface area contributed by atoms with Gasteiger partial charge < -0.3 is 9.30 Å². The van der Waals surface area contributed by atoms with Crippen molar-refractivity contribution >= 4 is 10.8 Å². The van der Waals surface area contributed by atoms with Crippen molar-refractivity contribution in [1.82, 2.24) is 4.57 Å². The van der Waals surface area contributed by atoms with Gasteiger partial charge in [0.05, 0.1) is 0 Å². The summed E-state index contributed by atoms with van der Waals surface area (Å²) in [5.74, 6) is 0. The van der Waals surface area contributed by atoms with E-state index in [1.54, 1.807) is 7.11 Å². The number of rotatable bonds is 6. The van der Waals surface area contributed by atoms with E-state index >= 15 is 0 Å². The van der Waals surface area contributed by atoms with Crippen LogP contribution >= 0.6 is 0 Å². The van der Waals surface area contributed by atoms with E-state index in [0.717, 1.165) is 23.6 Å². The summed E-state index contributed by atoms with van der Waals surface area (Å²) in [4.78, 5) is 12.6. The minimum absolute atomic E-state index is 0.0519. The minimum atomic E-state index is 0.0519. The van der Waals surface area contributed by atoms with Gasteiger partial charge >= 0.3 is 0 Å². The first-order valence-corrected chi connectivity index (χ1v) is 7.63. The Kier molecular flexibility index (Phi) is 4.84. The van der Waals surface area contributed by atoms with E-state index in [1.165, 1.54) is 5.56 Å². The van der Waals surface area contributed by atoms with E-state index < -0.39 is 0 Å². The maximum Gasteiger partial charge on any atom is 0.258 e. The van der Waals surface area contributed by atoms with E-state index in [1.807, 2.05) is 29.0 Å². The normalized spacial score (nSPS) is 12.0. The van der Waals surface area contributed by atoms with Crippen LogP contribution in [0.2, 0.25) is 0 Å². The van der Waals surface area contributed by atoms with Crippen LogP contribution in [0.4, 0.5) is 0 Å². The highest BCUT2D eigenvalue weighted by atomic mass is 16.5. The van der Waals surface area contributed by atoms with Crippen LogP contribution in [0.5, 0.6) is 0 Å². The second-order valence-electron chi connectivity index (χ2n) is 6.17. The molecule has 0 unspecified atom stereocenters. The Morgan fingerprint density at radius 1 is 1.19 bits per heavy atom. The largest absolute Gasteiger partial charge is 0.385 e. The molecular formula is C18H25NO2. The van der Waals surface area contributed by atoms with Crippen molar-refractivity contribution in [2.75, 3.05) is 13.7 Å². The topological polar surface area (TPSA) is 31.2 Å². The molecule has 1 aromatic carbocycles. The highest BCUT2D eigenvalue weighted by molar-refractivity contribution is 5.85. The molecule has 0 radical (unpaired) electrons. The van der Waals surface area contributed by atoms with Gasteiger partial charge in [0.1, 0.15) is 0 Å². The van der Waals surface area contributed by atoms with Gasteiger partial charge in [-0.25, -0.2) is 0 Å². The van der Waals surface area contributed by atoms with Crippen molar-refractivity contribution in [3.05, 3.63) is 46.4 Å². The molecule has 0 aliphatic rings. The summed E-state index contributed by atoms with van der Waals surface area (Å²) < 4.78 is 6.94. The van der Waals surface area contributed by atoms with Crippen molar-refractivity contribution in [2.24, 2.45) is 0 Å². The molecule has 0 saturated heterocycles. The van der Waals surface area contributed by atoms with Crippen LogP contribution in [0.25, 0.3) is 10.8 Å². The molecule has 114 valence electrons. The lowest BCUT2D eigenvalue weighted by Gasteiger charge is -2.26. The molecule has 1 aromatic heterocycles. The highest BCUT2D eigenvalue weighted by Gasteiger charge is 2.22. The summed E-state index contributed by atoms with van der Waals surface area (Å²) in [6.45, 7) is 8.03. The smallest absolute Gasteiger partial charge is 0.258 e. The predicted octanol–water partition coefficient (Wildman–Crippen LogP) is 3.73. The fraction of sp³-hybridized carbons (Fsp3) is 0.500. The van der Waals surface area contributed by atoms with Gasteiger partial charge in [-0.2, -0.15) is 0 Å². The summed E-state index contributed by atoms with van der Waals surface area (Å²) in [5, 5.41) is 1.89. The van der Waals surface area contributed by atoms with Crippen molar-refractivity contribution in [3.8, 4) is 0 Å². The number of hydrogen-bond donors (Lipinski definition) is 0. The molecular weight excluding hydrogens is 262 g/mol. The maximum atomic E-state index is 12.6. The van der Waals surface area contributed by atoms with Gasteiger partial charge in [-0.05, 0) is 35.3 Å². The SMILES string of the molecule is CCC(C)(C)c1cn(CCCOC)c(=O)c2ccccc12. The number of aromatic nitrogens is 1. The first-order valence-electron chi connectivity index (χ1n) is 7.63. The Bertz CT molecular complexity index is 670. The van der Waals surface area contributed by atoms with Crippen LogP contribution in [0.1, 0.15) is 39.2 Å². The zero-order valence-corrected chi connectivity index (χ0v) is 13.5. The summed E-state index contributed by atoms with van der Waals surface area (Å²) in [6.07, 6.45) is 3.93. The zero-order valence-electron chi connectivity index (χ0n) is 13.5. The first kappa shape index (κ1) is 15.8. The molecule has 21 heavy (non-hydrogen) atoms. The van der Waals surface area contributed by atoms with Gasteiger partial charge in [0.25, 0.3) is 5.56 Å². The first-order chi connectivity index (χ1) is 10.0. The van der Waals surface area contributed by atoms with Crippen molar-refractivity contribution in [3.63, 3.8) is 0 Å². The van der Waals surface area contributed by atoms with E-state index in [-0.39, 0.29) is 11.0 Å². The van der Waals surface area contributed by atoms with Gasteiger partial charge in [-0.3, -0.25) is 4.79 Å². The molecule has 0 bridgehead atoms. The van der Waals surface area contributed by atoms with Gasteiger partial charge in [-0.15, -0.1) is 0 Å². The third-order valence-corrected chi connectivity index (χ3v) is 4.35. The molecule has 3 heteroatoms. The maximum absolute atomic E-state index is 12.6. The van der Waals surface area contributed by atoms with Crippen LogP contribution < -0.4 is 5.56 Å². The van der Waals surface area contributed by atoms with Crippen LogP contribution in [0.3, 0.4) is 0 Å². The van der Waals surface area contributed by atoms with Crippen LogP contribution in [-0.2, 0) is 16.7 Å². The Hall–Kier alpha value is -1.61. The number of methoxy groups -OCH3 is 1. The number of aryl methyl sites for hydroxylation is 1. The number of ether oxygens (including phenoxy) is 1. The van der Waals surface area contributed by atoms with E-state index in [0.29, 0.717) is 13.2 Å². The molecule has 0 aliphatic carbocycles. The second kappa shape index (κ2) is 6.44. The fourth-order valence-electron chi connectivity index (χ4n) is 2.62. The number of benzene rings is 1. The lowest BCUT2D eigenvalue weighted by molar-refractivity contribution is 0.190. The quantitative estimate of drug-likeness (QED) is 0.758.